The highest BCUT2D eigenvalue weighted by molar-refractivity contribution is 5.83. The number of carbonyl (C=O) groups excluding carboxylic acids is 1. The molecule has 1 aromatic heterocycles. The number of aromatic amines is 1. The zero-order valence-corrected chi connectivity index (χ0v) is 13.0. The van der Waals surface area contributed by atoms with E-state index in [-0.39, 0.29) is 5.91 Å². The quantitative estimate of drug-likeness (QED) is 0.718. The number of amides is 1. The van der Waals surface area contributed by atoms with E-state index in [0.29, 0.717) is 12.6 Å². The number of fused-ring (bicyclic) bond motifs is 1. The zero-order valence-electron chi connectivity index (χ0n) is 13.0. The van der Waals surface area contributed by atoms with Crippen LogP contribution in [-0.2, 0) is 11.2 Å². The highest BCUT2D eigenvalue weighted by Gasteiger charge is 2.15. The van der Waals surface area contributed by atoms with Gasteiger partial charge in [-0.1, -0.05) is 37.5 Å². The molecule has 0 spiro atoms. The second-order valence-electron chi connectivity index (χ2n) is 6.19. The molecule has 1 fully saturated rings. The van der Waals surface area contributed by atoms with Crippen molar-refractivity contribution in [2.24, 2.45) is 0 Å². The van der Waals surface area contributed by atoms with Gasteiger partial charge in [0.1, 0.15) is 0 Å². The van der Waals surface area contributed by atoms with Crippen LogP contribution in [0.1, 0.15) is 37.7 Å². The third-order valence-electron chi connectivity index (χ3n) is 4.50. The average molecular weight is 299 g/mol. The fourth-order valence-corrected chi connectivity index (χ4v) is 3.29. The van der Waals surface area contributed by atoms with E-state index < -0.39 is 0 Å². The Morgan fingerprint density at radius 2 is 2.00 bits per heavy atom. The van der Waals surface area contributed by atoms with Gasteiger partial charge in [0, 0.05) is 23.1 Å². The van der Waals surface area contributed by atoms with Gasteiger partial charge < -0.3 is 15.6 Å². The number of H-pyrrole nitrogens is 1. The van der Waals surface area contributed by atoms with E-state index in [2.05, 4.69) is 40.0 Å². The van der Waals surface area contributed by atoms with Crippen LogP contribution in [-0.4, -0.2) is 30.0 Å². The van der Waals surface area contributed by atoms with Crippen LogP contribution in [0.25, 0.3) is 10.9 Å². The summed E-state index contributed by atoms with van der Waals surface area (Å²) < 4.78 is 0. The maximum atomic E-state index is 11.9. The number of nitrogens with one attached hydrogen (secondary N) is 3. The van der Waals surface area contributed by atoms with E-state index in [4.69, 9.17) is 0 Å². The smallest absolute Gasteiger partial charge is 0.234 e. The van der Waals surface area contributed by atoms with Crippen molar-refractivity contribution < 1.29 is 4.79 Å². The molecule has 1 aromatic carbocycles. The SMILES string of the molecule is O=C(CNCCc1c[nH]c2ccccc12)NC1CCCCC1. The minimum absolute atomic E-state index is 0.130. The lowest BCUT2D eigenvalue weighted by molar-refractivity contribution is -0.121. The van der Waals surface area contributed by atoms with Crippen molar-refractivity contribution in [3.8, 4) is 0 Å². The van der Waals surface area contributed by atoms with Gasteiger partial charge in [0.25, 0.3) is 0 Å². The van der Waals surface area contributed by atoms with Crippen molar-refractivity contribution in [2.45, 2.75) is 44.6 Å². The first-order chi connectivity index (χ1) is 10.8. The Labute approximate surface area is 131 Å². The minimum atomic E-state index is 0.130. The second kappa shape index (κ2) is 7.45. The van der Waals surface area contributed by atoms with Crippen LogP contribution in [0.3, 0.4) is 0 Å². The number of hydrogen-bond acceptors (Lipinski definition) is 2. The largest absolute Gasteiger partial charge is 0.361 e. The Balaban J connectivity index is 1.39. The summed E-state index contributed by atoms with van der Waals surface area (Å²) in [6.07, 6.45) is 9.09. The first-order valence-electron chi connectivity index (χ1n) is 8.38. The summed E-state index contributed by atoms with van der Waals surface area (Å²) in [5.41, 5.74) is 2.48. The van der Waals surface area contributed by atoms with E-state index in [0.717, 1.165) is 25.8 Å². The standard InChI is InChI=1S/C18H25N3O/c22-18(21-15-6-2-1-3-7-15)13-19-11-10-14-12-20-17-9-5-4-8-16(14)17/h4-5,8-9,12,15,19-20H,1-3,6-7,10-11,13H2,(H,21,22). The van der Waals surface area contributed by atoms with Crippen LogP contribution in [0.2, 0.25) is 0 Å². The van der Waals surface area contributed by atoms with Crippen molar-refractivity contribution in [2.75, 3.05) is 13.1 Å². The maximum absolute atomic E-state index is 11.9. The van der Waals surface area contributed by atoms with Gasteiger partial charge in [-0.25, -0.2) is 0 Å². The summed E-state index contributed by atoms with van der Waals surface area (Å²) in [5, 5.41) is 7.66. The third kappa shape index (κ3) is 3.89. The predicted molar refractivity (Wildman–Crippen MR) is 89.9 cm³/mol. The summed E-state index contributed by atoms with van der Waals surface area (Å²) in [5.74, 6) is 0.130. The molecule has 4 nitrogen and oxygen atoms in total. The number of para-hydroxylation sites is 1. The lowest BCUT2D eigenvalue weighted by atomic mass is 9.95. The van der Waals surface area contributed by atoms with Crippen LogP contribution in [0.5, 0.6) is 0 Å². The number of rotatable bonds is 6. The molecule has 3 rings (SSSR count). The van der Waals surface area contributed by atoms with Gasteiger partial charge in [-0.05, 0) is 37.4 Å². The van der Waals surface area contributed by atoms with Crippen molar-refractivity contribution in [3.63, 3.8) is 0 Å². The number of hydrogen-bond donors (Lipinski definition) is 3. The van der Waals surface area contributed by atoms with Crippen LogP contribution in [0, 0.1) is 0 Å². The van der Waals surface area contributed by atoms with Crippen molar-refractivity contribution in [3.05, 3.63) is 36.0 Å². The van der Waals surface area contributed by atoms with Crippen LogP contribution < -0.4 is 10.6 Å². The molecule has 0 saturated heterocycles. The van der Waals surface area contributed by atoms with Gasteiger partial charge in [0.2, 0.25) is 5.91 Å². The molecule has 1 aliphatic carbocycles. The topological polar surface area (TPSA) is 56.9 Å². The van der Waals surface area contributed by atoms with E-state index in [1.807, 2.05) is 6.07 Å². The Bertz CT molecular complexity index is 614. The monoisotopic (exact) mass is 299 g/mol. The first kappa shape index (κ1) is 15.1. The van der Waals surface area contributed by atoms with Gasteiger partial charge >= 0.3 is 0 Å². The van der Waals surface area contributed by atoms with E-state index in [1.54, 1.807) is 0 Å². The van der Waals surface area contributed by atoms with Crippen molar-refractivity contribution in [1.82, 2.24) is 15.6 Å². The second-order valence-corrected chi connectivity index (χ2v) is 6.19. The lowest BCUT2D eigenvalue weighted by Gasteiger charge is -2.22. The summed E-state index contributed by atoms with van der Waals surface area (Å²) in [7, 11) is 0. The molecule has 1 amide bonds. The fourth-order valence-electron chi connectivity index (χ4n) is 3.29. The molecular formula is C18H25N3O. The Kier molecular flexibility index (Phi) is 5.11. The third-order valence-corrected chi connectivity index (χ3v) is 4.50. The molecular weight excluding hydrogens is 274 g/mol. The van der Waals surface area contributed by atoms with E-state index in [9.17, 15) is 4.79 Å². The lowest BCUT2D eigenvalue weighted by Crippen LogP contribution is -2.41. The molecule has 1 heterocycles. The molecule has 4 heteroatoms. The molecule has 0 bridgehead atoms. The first-order valence-corrected chi connectivity index (χ1v) is 8.38. The number of aromatic nitrogens is 1. The summed E-state index contributed by atoms with van der Waals surface area (Å²) in [6, 6.07) is 8.72. The Hall–Kier alpha value is -1.81. The molecule has 22 heavy (non-hydrogen) atoms. The minimum Gasteiger partial charge on any atom is -0.361 e. The molecule has 2 aromatic rings. The predicted octanol–water partition coefficient (Wildman–Crippen LogP) is 2.75. The number of benzene rings is 1. The highest BCUT2D eigenvalue weighted by Crippen LogP contribution is 2.18. The number of carbonyl (C=O) groups is 1. The Morgan fingerprint density at radius 1 is 1.18 bits per heavy atom. The molecule has 0 radical (unpaired) electrons. The molecule has 0 unspecified atom stereocenters. The van der Waals surface area contributed by atoms with Crippen LogP contribution in [0.15, 0.2) is 30.5 Å². The normalized spacial score (nSPS) is 16.0. The molecule has 1 saturated carbocycles. The van der Waals surface area contributed by atoms with E-state index >= 15 is 0 Å². The van der Waals surface area contributed by atoms with Gasteiger partial charge in [-0.2, -0.15) is 0 Å². The summed E-state index contributed by atoms with van der Waals surface area (Å²) in [6.45, 7) is 1.23. The highest BCUT2D eigenvalue weighted by atomic mass is 16.1. The van der Waals surface area contributed by atoms with E-state index in [1.165, 1.54) is 35.7 Å². The molecule has 0 atom stereocenters. The van der Waals surface area contributed by atoms with Gasteiger partial charge in [-0.15, -0.1) is 0 Å². The summed E-state index contributed by atoms with van der Waals surface area (Å²) >= 11 is 0. The fraction of sp³-hybridized carbons (Fsp3) is 0.500. The van der Waals surface area contributed by atoms with Gasteiger partial charge in [0.15, 0.2) is 0 Å². The molecule has 3 N–H and O–H groups in total. The van der Waals surface area contributed by atoms with Crippen LogP contribution >= 0.6 is 0 Å². The zero-order chi connectivity index (χ0) is 15.2. The van der Waals surface area contributed by atoms with Crippen molar-refractivity contribution in [1.29, 1.82) is 0 Å². The Morgan fingerprint density at radius 3 is 2.86 bits per heavy atom. The van der Waals surface area contributed by atoms with Crippen LogP contribution in [0.4, 0.5) is 0 Å². The molecule has 1 aliphatic rings. The van der Waals surface area contributed by atoms with Gasteiger partial charge in [-0.3, -0.25) is 4.79 Å². The van der Waals surface area contributed by atoms with Gasteiger partial charge in [0.05, 0.1) is 6.54 Å². The summed E-state index contributed by atoms with van der Waals surface area (Å²) in [4.78, 5) is 15.2. The van der Waals surface area contributed by atoms with Crippen molar-refractivity contribution >= 4 is 16.8 Å². The average Bonchev–Trinajstić information content (AvgIpc) is 2.96. The maximum Gasteiger partial charge on any atom is 0.234 e. The molecule has 0 aliphatic heterocycles. The molecule has 118 valence electrons.